The van der Waals surface area contributed by atoms with Crippen molar-refractivity contribution in [3.8, 4) is 5.75 Å². The van der Waals surface area contributed by atoms with Crippen molar-refractivity contribution in [1.82, 2.24) is 4.31 Å². The maximum atomic E-state index is 14.1. The molecular weight excluding hydrogens is 417 g/mol. The summed E-state index contributed by atoms with van der Waals surface area (Å²) < 4.78 is 72.7. The topological polar surface area (TPSA) is 80.8 Å². The quantitative estimate of drug-likeness (QED) is 0.716. The van der Waals surface area contributed by atoms with Gasteiger partial charge in [0.15, 0.2) is 21.4 Å². The Labute approximate surface area is 170 Å². The van der Waals surface area contributed by atoms with Crippen LogP contribution in [0.25, 0.3) is 0 Å². The summed E-state index contributed by atoms with van der Waals surface area (Å²) in [4.78, 5) is 0.120. The first-order valence-electron chi connectivity index (χ1n) is 9.41. The van der Waals surface area contributed by atoms with E-state index in [1.165, 1.54) is 23.5 Å². The molecule has 0 spiro atoms. The summed E-state index contributed by atoms with van der Waals surface area (Å²) in [6.07, 6.45) is 1.68. The Bertz CT molecular complexity index is 1100. The molecule has 6 nitrogen and oxygen atoms in total. The molecule has 0 saturated carbocycles. The predicted octanol–water partition coefficient (Wildman–Crippen LogP) is 2.99. The van der Waals surface area contributed by atoms with Crippen LogP contribution >= 0.6 is 0 Å². The summed E-state index contributed by atoms with van der Waals surface area (Å²) in [7, 11) is -6.16. The Kier molecular flexibility index (Phi) is 5.16. The largest absolute Gasteiger partial charge is 0.494 e. The van der Waals surface area contributed by atoms with Gasteiger partial charge in [-0.1, -0.05) is 18.2 Å². The number of hydrogen-bond donors (Lipinski definition) is 0. The second-order valence-electron chi connectivity index (χ2n) is 7.47. The molecule has 4 rings (SSSR count). The molecule has 0 amide bonds. The zero-order valence-electron chi connectivity index (χ0n) is 15.9. The number of benzene rings is 2. The maximum absolute atomic E-state index is 14.1. The number of piperidine rings is 1. The van der Waals surface area contributed by atoms with E-state index in [0.29, 0.717) is 12.8 Å². The molecule has 0 aromatic heterocycles. The summed E-state index contributed by atoms with van der Waals surface area (Å²) in [6.45, 7) is 0. The second kappa shape index (κ2) is 7.37. The van der Waals surface area contributed by atoms with Crippen LogP contribution < -0.4 is 4.74 Å². The van der Waals surface area contributed by atoms with Crippen LogP contribution in [0.1, 0.15) is 25.7 Å². The maximum Gasteiger partial charge on any atom is 0.243 e. The standard InChI is InChI=1S/C20H22FNO5S2/c1-27-20-10-9-17(13-19(20)21)29(25,26)22-14-7-8-15(22)12-18(11-14)28(23,24)16-5-3-2-4-6-16/h2-6,9-10,13-15,18H,7-8,11-12H2,1H3. The van der Waals surface area contributed by atoms with Gasteiger partial charge in [0.25, 0.3) is 0 Å². The third-order valence-corrected chi connectivity index (χ3v) is 10.0. The van der Waals surface area contributed by atoms with Crippen molar-refractivity contribution in [1.29, 1.82) is 0 Å². The van der Waals surface area contributed by atoms with Crippen LogP contribution in [-0.2, 0) is 19.9 Å². The first kappa shape index (κ1) is 20.3. The molecule has 2 saturated heterocycles. The number of sulfonamides is 1. The molecule has 2 atom stereocenters. The number of nitrogens with zero attached hydrogens (tertiary/aromatic N) is 1. The fourth-order valence-electron chi connectivity index (χ4n) is 4.46. The van der Waals surface area contributed by atoms with Crippen molar-refractivity contribution < 1.29 is 26.0 Å². The fourth-order valence-corrected chi connectivity index (χ4v) is 8.24. The summed E-state index contributed by atoms with van der Waals surface area (Å²) in [5.74, 6) is -0.776. The normalized spacial score (nSPS) is 25.1. The van der Waals surface area contributed by atoms with Gasteiger partial charge in [0.2, 0.25) is 10.0 Å². The van der Waals surface area contributed by atoms with E-state index in [0.717, 1.165) is 6.07 Å². The van der Waals surface area contributed by atoms with Gasteiger partial charge in [0.1, 0.15) is 0 Å². The highest BCUT2D eigenvalue weighted by Gasteiger charge is 2.50. The molecule has 0 radical (unpaired) electrons. The van der Waals surface area contributed by atoms with Gasteiger partial charge in [0.05, 0.1) is 22.2 Å². The van der Waals surface area contributed by atoms with Gasteiger partial charge >= 0.3 is 0 Å². The monoisotopic (exact) mass is 439 g/mol. The molecule has 29 heavy (non-hydrogen) atoms. The number of sulfone groups is 1. The van der Waals surface area contributed by atoms with E-state index in [1.54, 1.807) is 30.3 Å². The summed E-state index contributed by atoms with van der Waals surface area (Å²) >= 11 is 0. The highest BCUT2D eigenvalue weighted by atomic mass is 32.2. The molecule has 2 aromatic rings. The highest BCUT2D eigenvalue weighted by Crippen LogP contribution is 2.43. The van der Waals surface area contributed by atoms with Gasteiger partial charge in [-0.2, -0.15) is 4.31 Å². The number of ether oxygens (including phenoxy) is 1. The molecule has 0 aliphatic carbocycles. The zero-order valence-corrected chi connectivity index (χ0v) is 17.5. The van der Waals surface area contributed by atoms with Gasteiger partial charge < -0.3 is 4.74 Å². The first-order chi connectivity index (χ1) is 13.7. The van der Waals surface area contributed by atoms with Crippen LogP contribution in [0.3, 0.4) is 0 Å². The van der Waals surface area contributed by atoms with Crippen LogP contribution in [-0.4, -0.2) is 45.6 Å². The van der Waals surface area contributed by atoms with Gasteiger partial charge in [-0.3, -0.25) is 0 Å². The Morgan fingerprint density at radius 1 is 0.931 bits per heavy atom. The van der Waals surface area contributed by atoms with Crippen molar-refractivity contribution in [2.24, 2.45) is 0 Å². The van der Waals surface area contributed by atoms with Gasteiger partial charge in [-0.25, -0.2) is 21.2 Å². The van der Waals surface area contributed by atoms with Crippen molar-refractivity contribution in [2.75, 3.05) is 7.11 Å². The van der Waals surface area contributed by atoms with Crippen LogP contribution in [0.15, 0.2) is 58.3 Å². The van der Waals surface area contributed by atoms with Crippen molar-refractivity contribution in [2.45, 2.75) is 52.8 Å². The Balaban J connectivity index is 1.62. The molecule has 0 N–H and O–H groups in total. The van der Waals surface area contributed by atoms with Gasteiger partial charge in [0, 0.05) is 12.1 Å². The van der Waals surface area contributed by atoms with E-state index in [4.69, 9.17) is 4.74 Å². The Morgan fingerprint density at radius 2 is 1.55 bits per heavy atom. The molecule has 156 valence electrons. The summed E-state index contributed by atoms with van der Waals surface area (Å²) in [5, 5.41) is -0.624. The van der Waals surface area contributed by atoms with Crippen LogP contribution in [0.4, 0.5) is 4.39 Å². The van der Waals surface area contributed by atoms with Crippen LogP contribution in [0, 0.1) is 5.82 Å². The molecular formula is C20H22FNO5S2. The van der Waals surface area contributed by atoms with E-state index in [-0.39, 0.29) is 28.4 Å². The zero-order chi connectivity index (χ0) is 20.8. The van der Waals surface area contributed by atoms with Crippen molar-refractivity contribution >= 4 is 19.9 Å². The average Bonchev–Trinajstić information content (AvgIpc) is 2.99. The fraction of sp³-hybridized carbons (Fsp3) is 0.400. The second-order valence-corrected chi connectivity index (χ2v) is 11.5. The minimum atomic E-state index is -3.94. The van der Waals surface area contributed by atoms with Crippen LogP contribution in [0.2, 0.25) is 0 Å². The number of rotatable bonds is 5. The molecule has 9 heteroatoms. The lowest BCUT2D eigenvalue weighted by atomic mass is 10.1. The van der Waals surface area contributed by atoms with Gasteiger partial charge in [-0.05, 0) is 56.0 Å². The number of methoxy groups -OCH3 is 1. The minimum Gasteiger partial charge on any atom is -0.494 e. The molecule has 2 unspecified atom stereocenters. The number of halogens is 1. The van der Waals surface area contributed by atoms with E-state index in [1.807, 2.05) is 0 Å². The van der Waals surface area contributed by atoms with E-state index >= 15 is 0 Å². The molecule has 2 fully saturated rings. The lowest BCUT2D eigenvalue weighted by Gasteiger charge is -2.37. The lowest BCUT2D eigenvalue weighted by molar-refractivity contribution is 0.249. The van der Waals surface area contributed by atoms with Crippen LogP contribution in [0.5, 0.6) is 5.75 Å². The molecule has 2 aliphatic rings. The smallest absolute Gasteiger partial charge is 0.243 e. The Morgan fingerprint density at radius 3 is 2.10 bits per heavy atom. The SMILES string of the molecule is COc1ccc(S(=O)(=O)N2C3CCC2CC(S(=O)(=O)c2ccccc2)C3)cc1F. The minimum absolute atomic E-state index is 0.0282. The molecule has 2 heterocycles. The van der Waals surface area contributed by atoms with E-state index in [2.05, 4.69) is 0 Å². The first-order valence-corrected chi connectivity index (χ1v) is 12.4. The van der Waals surface area contributed by atoms with Crippen molar-refractivity contribution in [3.05, 3.63) is 54.3 Å². The third kappa shape index (κ3) is 3.45. The number of fused-ring (bicyclic) bond motifs is 2. The average molecular weight is 440 g/mol. The lowest BCUT2D eigenvalue weighted by Crippen LogP contribution is -2.49. The van der Waals surface area contributed by atoms with Crippen molar-refractivity contribution in [3.63, 3.8) is 0 Å². The number of hydrogen-bond acceptors (Lipinski definition) is 5. The predicted molar refractivity (Wildman–Crippen MR) is 105 cm³/mol. The van der Waals surface area contributed by atoms with E-state index in [9.17, 15) is 21.2 Å². The van der Waals surface area contributed by atoms with Gasteiger partial charge in [-0.15, -0.1) is 0 Å². The third-order valence-electron chi connectivity index (χ3n) is 5.83. The van der Waals surface area contributed by atoms with E-state index < -0.39 is 43.0 Å². The molecule has 2 bridgehead atoms. The highest BCUT2D eigenvalue weighted by molar-refractivity contribution is 7.92. The molecule has 2 aliphatic heterocycles. The Hall–Kier alpha value is -1.97. The summed E-state index contributed by atoms with van der Waals surface area (Å²) in [6, 6.07) is 11.0. The molecule has 2 aromatic carbocycles. The summed E-state index contributed by atoms with van der Waals surface area (Å²) in [5.41, 5.74) is 0.